The Morgan fingerprint density at radius 2 is 2.20 bits per heavy atom. The molecule has 0 bridgehead atoms. The van der Waals surface area contributed by atoms with Crippen molar-refractivity contribution in [2.24, 2.45) is 0 Å². The summed E-state index contributed by atoms with van der Waals surface area (Å²) in [4.78, 5) is 0. The molecule has 0 heterocycles. The highest BCUT2D eigenvalue weighted by molar-refractivity contribution is 5.14. The lowest BCUT2D eigenvalue weighted by atomic mass is 10.2. The largest absolute Gasteiger partial charge is 0.289 e. The lowest BCUT2D eigenvalue weighted by molar-refractivity contribution is -0.0129. The van der Waals surface area contributed by atoms with Crippen LogP contribution in [-0.4, -0.2) is 17.3 Å². The van der Waals surface area contributed by atoms with Crippen molar-refractivity contribution in [3.8, 4) is 0 Å². The van der Waals surface area contributed by atoms with Crippen LogP contribution in [0.5, 0.6) is 0 Å². The second-order valence-electron chi connectivity index (χ2n) is 2.25. The standard InChI is InChI=1S/C8H15NO/c1-4-5-8(2)6-7-9(3)10/h5-7,10H,4H2,1-3H3/b7-6-,8-5+. The van der Waals surface area contributed by atoms with Crippen LogP contribution in [0.4, 0.5) is 0 Å². The minimum absolute atomic E-state index is 1.03. The summed E-state index contributed by atoms with van der Waals surface area (Å²) < 4.78 is 0. The molecule has 0 aromatic heterocycles. The van der Waals surface area contributed by atoms with Crippen molar-refractivity contribution < 1.29 is 5.21 Å². The van der Waals surface area contributed by atoms with Crippen molar-refractivity contribution in [1.82, 2.24) is 5.06 Å². The van der Waals surface area contributed by atoms with Gasteiger partial charge in [-0.05, 0) is 19.4 Å². The molecule has 0 saturated heterocycles. The van der Waals surface area contributed by atoms with E-state index in [0.29, 0.717) is 0 Å². The zero-order chi connectivity index (χ0) is 7.98. The Labute approximate surface area is 62.4 Å². The van der Waals surface area contributed by atoms with Crippen LogP contribution in [0.2, 0.25) is 0 Å². The second-order valence-corrected chi connectivity index (χ2v) is 2.25. The molecule has 0 aliphatic rings. The second kappa shape index (κ2) is 5.06. The lowest BCUT2D eigenvalue weighted by Gasteiger charge is -2.00. The van der Waals surface area contributed by atoms with Crippen LogP contribution in [0.1, 0.15) is 20.3 Å². The van der Waals surface area contributed by atoms with Crippen molar-refractivity contribution >= 4 is 0 Å². The topological polar surface area (TPSA) is 23.5 Å². The maximum Gasteiger partial charge on any atom is 0.0334 e. The molecule has 0 rings (SSSR count). The number of hydrogen-bond donors (Lipinski definition) is 1. The fourth-order valence-corrected chi connectivity index (χ4v) is 0.615. The number of rotatable bonds is 3. The van der Waals surface area contributed by atoms with Crippen molar-refractivity contribution in [2.45, 2.75) is 20.3 Å². The first-order valence-electron chi connectivity index (χ1n) is 3.43. The van der Waals surface area contributed by atoms with E-state index in [1.54, 1.807) is 13.2 Å². The monoisotopic (exact) mass is 141 g/mol. The van der Waals surface area contributed by atoms with Gasteiger partial charge in [-0.2, -0.15) is 0 Å². The van der Waals surface area contributed by atoms with Crippen molar-refractivity contribution in [3.05, 3.63) is 23.9 Å². The van der Waals surface area contributed by atoms with Crippen molar-refractivity contribution in [3.63, 3.8) is 0 Å². The molecular formula is C8H15NO. The van der Waals surface area contributed by atoms with E-state index in [1.807, 2.05) is 13.0 Å². The van der Waals surface area contributed by atoms with Crippen molar-refractivity contribution in [1.29, 1.82) is 0 Å². The molecule has 0 spiro atoms. The number of hydroxylamine groups is 2. The number of nitrogens with zero attached hydrogens (tertiary/aromatic N) is 1. The molecule has 0 unspecified atom stereocenters. The fraction of sp³-hybridized carbons (Fsp3) is 0.500. The molecule has 0 atom stereocenters. The summed E-state index contributed by atoms with van der Waals surface area (Å²) in [7, 11) is 1.58. The average Bonchev–Trinajstić information content (AvgIpc) is 1.85. The summed E-state index contributed by atoms with van der Waals surface area (Å²) in [5, 5.41) is 9.72. The highest BCUT2D eigenvalue weighted by atomic mass is 16.5. The molecule has 0 amide bonds. The predicted octanol–water partition coefficient (Wildman–Crippen LogP) is 2.18. The lowest BCUT2D eigenvalue weighted by Crippen LogP contribution is -2.01. The molecule has 2 nitrogen and oxygen atoms in total. The Balaban J connectivity index is 3.77. The van der Waals surface area contributed by atoms with E-state index >= 15 is 0 Å². The predicted molar refractivity (Wildman–Crippen MR) is 42.7 cm³/mol. The third-order valence-corrected chi connectivity index (χ3v) is 1.08. The van der Waals surface area contributed by atoms with Gasteiger partial charge in [0.1, 0.15) is 0 Å². The molecule has 0 aromatic carbocycles. The van der Waals surface area contributed by atoms with E-state index in [-0.39, 0.29) is 0 Å². The Kier molecular flexibility index (Phi) is 4.67. The van der Waals surface area contributed by atoms with E-state index in [4.69, 9.17) is 5.21 Å². The third kappa shape index (κ3) is 5.38. The Morgan fingerprint density at radius 1 is 1.60 bits per heavy atom. The molecule has 1 N–H and O–H groups in total. The Morgan fingerprint density at radius 3 is 2.60 bits per heavy atom. The molecule has 0 fully saturated rings. The summed E-state index contributed by atoms with van der Waals surface area (Å²) in [6.07, 6.45) is 6.61. The van der Waals surface area contributed by atoms with Crippen LogP contribution in [-0.2, 0) is 0 Å². The highest BCUT2D eigenvalue weighted by Gasteiger charge is 1.80. The maximum absolute atomic E-state index is 8.69. The van der Waals surface area contributed by atoms with E-state index in [2.05, 4.69) is 13.0 Å². The van der Waals surface area contributed by atoms with Crippen molar-refractivity contribution in [2.75, 3.05) is 7.05 Å². The first-order chi connectivity index (χ1) is 4.66. The highest BCUT2D eigenvalue weighted by Crippen LogP contribution is 1.96. The van der Waals surface area contributed by atoms with E-state index in [1.165, 1.54) is 5.57 Å². The van der Waals surface area contributed by atoms with Crippen LogP contribution in [0.3, 0.4) is 0 Å². The molecule has 10 heavy (non-hydrogen) atoms. The molecule has 0 aliphatic heterocycles. The Hall–Kier alpha value is -0.760. The first-order valence-corrected chi connectivity index (χ1v) is 3.43. The average molecular weight is 141 g/mol. The molecular weight excluding hydrogens is 126 g/mol. The molecule has 0 radical (unpaired) electrons. The molecule has 2 heteroatoms. The minimum atomic E-state index is 1.03. The van der Waals surface area contributed by atoms with Gasteiger partial charge in [0, 0.05) is 13.2 Å². The van der Waals surface area contributed by atoms with Gasteiger partial charge in [0.25, 0.3) is 0 Å². The van der Waals surface area contributed by atoms with Gasteiger partial charge in [0.15, 0.2) is 0 Å². The van der Waals surface area contributed by atoms with E-state index in [0.717, 1.165) is 11.5 Å². The fourth-order valence-electron chi connectivity index (χ4n) is 0.615. The van der Waals surface area contributed by atoms with Crippen LogP contribution >= 0.6 is 0 Å². The van der Waals surface area contributed by atoms with Gasteiger partial charge >= 0.3 is 0 Å². The van der Waals surface area contributed by atoms with Crippen LogP contribution in [0.15, 0.2) is 23.9 Å². The maximum atomic E-state index is 8.69. The number of hydrogen-bond acceptors (Lipinski definition) is 2. The summed E-state index contributed by atoms with van der Waals surface area (Å²) in [6, 6.07) is 0. The third-order valence-electron chi connectivity index (χ3n) is 1.08. The minimum Gasteiger partial charge on any atom is -0.289 e. The van der Waals surface area contributed by atoms with Gasteiger partial charge < -0.3 is 0 Å². The quantitative estimate of drug-likeness (QED) is 0.481. The molecule has 58 valence electrons. The first kappa shape index (κ1) is 9.24. The SMILES string of the molecule is CC/C=C(C)/C=C\N(C)O. The van der Waals surface area contributed by atoms with E-state index in [9.17, 15) is 0 Å². The zero-order valence-corrected chi connectivity index (χ0v) is 6.83. The van der Waals surface area contributed by atoms with Gasteiger partial charge in [0.2, 0.25) is 0 Å². The van der Waals surface area contributed by atoms with Crippen LogP contribution in [0.25, 0.3) is 0 Å². The van der Waals surface area contributed by atoms with Gasteiger partial charge in [0.05, 0.1) is 0 Å². The van der Waals surface area contributed by atoms with Gasteiger partial charge in [-0.15, -0.1) is 0 Å². The van der Waals surface area contributed by atoms with E-state index < -0.39 is 0 Å². The molecule has 0 aromatic rings. The van der Waals surface area contributed by atoms with Crippen LogP contribution < -0.4 is 0 Å². The van der Waals surface area contributed by atoms with Gasteiger partial charge in [-0.1, -0.05) is 18.6 Å². The normalized spacial score (nSPS) is 12.6. The van der Waals surface area contributed by atoms with Gasteiger partial charge in [-0.3, -0.25) is 10.3 Å². The zero-order valence-electron chi connectivity index (χ0n) is 6.83. The van der Waals surface area contributed by atoms with Crippen LogP contribution in [0, 0.1) is 0 Å². The molecule has 0 saturated carbocycles. The summed E-state index contributed by atoms with van der Waals surface area (Å²) in [5.74, 6) is 0. The van der Waals surface area contributed by atoms with Gasteiger partial charge in [-0.25, -0.2) is 0 Å². The number of allylic oxidation sites excluding steroid dienone is 3. The molecule has 0 aliphatic carbocycles. The summed E-state index contributed by atoms with van der Waals surface area (Å²) in [5.41, 5.74) is 1.17. The summed E-state index contributed by atoms with van der Waals surface area (Å²) in [6.45, 7) is 4.09. The summed E-state index contributed by atoms with van der Waals surface area (Å²) >= 11 is 0. The Bertz CT molecular complexity index is 136. The smallest absolute Gasteiger partial charge is 0.0334 e.